The Labute approximate surface area is 147 Å². The number of nitrogens with zero attached hydrogens (tertiary/aromatic N) is 3. The van der Waals surface area contributed by atoms with Gasteiger partial charge < -0.3 is 5.11 Å². The molecule has 2 aromatic rings. The van der Waals surface area contributed by atoms with Gasteiger partial charge in [0.15, 0.2) is 0 Å². The summed E-state index contributed by atoms with van der Waals surface area (Å²) in [4.78, 5) is 1.51. The highest BCUT2D eigenvalue weighted by molar-refractivity contribution is 6.31. The van der Waals surface area contributed by atoms with Gasteiger partial charge in [-0.3, -0.25) is 0 Å². The molecule has 0 amide bonds. The van der Waals surface area contributed by atoms with E-state index >= 15 is 0 Å². The maximum Gasteiger partial charge on any atom is 0.146 e. The molecule has 1 aliphatic rings. The van der Waals surface area contributed by atoms with Crippen LogP contribution in [0.2, 0.25) is 0 Å². The molecule has 1 atom stereocenters. The second kappa shape index (κ2) is 6.10. The molecule has 3 rings (SSSR count). The molecule has 0 spiro atoms. The molecule has 24 heavy (non-hydrogen) atoms. The van der Waals surface area contributed by atoms with Crippen molar-refractivity contribution in [1.82, 2.24) is 15.0 Å². The number of phenolic OH excluding ortho intramolecular Hbond substituents is 1. The molecule has 0 fully saturated rings. The predicted molar refractivity (Wildman–Crippen MR) is 96.9 cm³/mol. The van der Waals surface area contributed by atoms with Crippen molar-refractivity contribution in [2.45, 2.75) is 45.4 Å². The standard InChI is InChI=1S/C19H22ClN3O/c1-12-8-15(19(2,3)4)18(24)17(9-12)23-21-11-16(22-23)13-6-5-7-14(20)10-13/h5,7-11,13,24H,6H2,1-4H3. The molecule has 0 saturated heterocycles. The number of halogens is 1. The van der Waals surface area contributed by atoms with Crippen molar-refractivity contribution >= 4 is 11.6 Å². The third-order valence-corrected chi connectivity index (χ3v) is 4.43. The molecule has 1 heterocycles. The molecule has 1 N–H and O–H groups in total. The van der Waals surface area contributed by atoms with Crippen molar-refractivity contribution in [2.24, 2.45) is 0 Å². The van der Waals surface area contributed by atoms with Crippen LogP contribution >= 0.6 is 11.6 Å². The maximum absolute atomic E-state index is 10.7. The molecule has 4 nitrogen and oxygen atoms in total. The van der Waals surface area contributed by atoms with Crippen molar-refractivity contribution < 1.29 is 5.11 Å². The van der Waals surface area contributed by atoms with Crippen LogP contribution in [0, 0.1) is 6.92 Å². The van der Waals surface area contributed by atoms with Gasteiger partial charge in [0.2, 0.25) is 0 Å². The Balaban J connectivity index is 2.02. The van der Waals surface area contributed by atoms with Gasteiger partial charge in [0.05, 0.1) is 11.9 Å². The number of allylic oxidation sites excluding steroid dienone is 4. The molecular formula is C19H22ClN3O. The quantitative estimate of drug-likeness (QED) is 0.856. The van der Waals surface area contributed by atoms with Crippen LogP contribution in [0.15, 0.2) is 41.6 Å². The Morgan fingerprint density at radius 2 is 2.04 bits per heavy atom. The van der Waals surface area contributed by atoms with E-state index in [0.29, 0.717) is 10.7 Å². The lowest BCUT2D eigenvalue weighted by Crippen LogP contribution is -2.13. The molecule has 1 unspecified atom stereocenters. The van der Waals surface area contributed by atoms with Crippen LogP contribution in [0.1, 0.15) is 49.9 Å². The Hall–Kier alpha value is -2.07. The van der Waals surface area contributed by atoms with Crippen molar-refractivity contribution in [2.75, 3.05) is 0 Å². The first kappa shape index (κ1) is 16.8. The van der Waals surface area contributed by atoms with Crippen LogP contribution < -0.4 is 0 Å². The average Bonchev–Trinajstić information content (AvgIpc) is 2.98. The highest BCUT2D eigenvalue weighted by Gasteiger charge is 2.23. The molecule has 0 saturated carbocycles. The van der Waals surface area contributed by atoms with Crippen molar-refractivity contribution in [3.8, 4) is 11.4 Å². The topological polar surface area (TPSA) is 50.9 Å². The smallest absolute Gasteiger partial charge is 0.146 e. The number of aryl methyl sites for hydroxylation is 1. The lowest BCUT2D eigenvalue weighted by molar-refractivity contribution is 0.439. The van der Waals surface area contributed by atoms with E-state index < -0.39 is 0 Å². The molecule has 5 heteroatoms. The zero-order valence-electron chi connectivity index (χ0n) is 14.4. The van der Waals surface area contributed by atoms with E-state index in [0.717, 1.165) is 23.2 Å². The SMILES string of the molecule is Cc1cc(-n2ncc(C3C=C(Cl)C=CC3)n2)c(O)c(C(C)(C)C)c1. The Morgan fingerprint density at radius 3 is 2.71 bits per heavy atom. The van der Waals surface area contributed by atoms with E-state index in [4.69, 9.17) is 11.6 Å². The zero-order chi connectivity index (χ0) is 17.5. The second-order valence-electron chi connectivity index (χ2n) is 7.29. The van der Waals surface area contributed by atoms with Gasteiger partial charge in [-0.25, -0.2) is 0 Å². The predicted octanol–water partition coefficient (Wildman–Crippen LogP) is 4.75. The normalized spacial score (nSPS) is 17.9. The summed E-state index contributed by atoms with van der Waals surface area (Å²) >= 11 is 6.08. The first-order chi connectivity index (χ1) is 11.3. The second-order valence-corrected chi connectivity index (χ2v) is 7.72. The maximum atomic E-state index is 10.7. The fourth-order valence-corrected chi connectivity index (χ4v) is 3.13. The fraction of sp³-hybridized carbons (Fsp3) is 0.368. The van der Waals surface area contributed by atoms with Gasteiger partial charge in [-0.05, 0) is 36.5 Å². The number of hydrogen-bond donors (Lipinski definition) is 1. The lowest BCUT2D eigenvalue weighted by Gasteiger charge is -2.22. The summed E-state index contributed by atoms with van der Waals surface area (Å²) in [5.74, 6) is 0.345. The van der Waals surface area contributed by atoms with Crippen LogP contribution in [0.25, 0.3) is 5.69 Å². The van der Waals surface area contributed by atoms with Crippen LogP contribution in [-0.2, 0) is 5.41 Å². The highest BCUT2D eigenvalue weighted by atomic mass is 35.5. The third kappa shape index (κ3) is 3.24. The van der Waals surface area contributed by atoms with Gasteiger partial charge in [0.1, 0.15) is 11.4 Å². The summed E-state index contributed by atoms with van der Waals surface area (Å²) in [6, 6.07) is 3.91. The van der Waals surface area contributed by atoms with Gasteiger partial charge in [0.25, 0.3) is 0 Å². The molecule has 1 aromatic heterocycles. The lowest BCUT2D eigenvalue weighted by atomic mass is 9.85. The monoisotopic (exact) mass is 343 g/mol. The molecular weight excluding hydrogens is 322 g/mol. The molecule has 0 aliphatic heterocycles. The number of aromatic nitrogens is 3. The Bertz CT molecular complexity index is 828. The van der Waals surface area contributed by atoms with Crippen LogP contribution in [-0.4, -0.2) is 20.1 Å². The minimum Gasteiger partial charge on any atom is -0.505 e. The molecule has 1 aromatic carbocycles. The van der Waals surface area contributed by atoms with Crippen LogP contribution in [0.3, 0.4) is 0 Å². The number of benzene rings is 1. The first-order valence-electron chi connectivity index (χ1n) is 8.06. The van der Waals surface area contributed by atoms with Gasteiger partial charge in [-0.15, -0.1) is 4.80 Å². The summed E-state index contributed by atoms with van der Waals surface area (Å²) in [5.41, 5.74) is 3.24. The number of hydrogen-bond acceptors (Lipinski definition) is 3. The number of aromatic hydroxyl groups is 1. The summed E-state index contributed by atoms with van der Waals surface area (Å²) in [6.45, 7) is 8.24. The third-order valence-electron chi connectivity index (χ3n) is 4.17. The summed E-state index contributed by atoms with van der Waals surface area (Å²) in [5, 5.41) is 20.4. The van der Waals surface area contributed by atoms with Crippen LogP contribution in [0.4, 0.5) is 0 Å². The van der Waals surface area contributed by atoms with Crippen molar-refractivity contribution in [3.05, 3.63) is 58.4 Å². The fourth-order valence-electron chi connectivity index (χ4n) is 2.89. The van der Waals surface area contributed by atoms with E-state index in [9.17, 15) is 5.11 Å². The number of phenols is 1. The number of rotatable bonds is 2. The minimum atomic E-state index is -0.161. The van der Waals surface area contributed by atoms with E-state index in [1.807, 2.05) is 37.3 Å². The first-order valence-corrected chi connectivity index (χ1v) is 8.44. The zero-order valence-corrected chi connectivity index (χ0v) is 15.2. The molecule has 126 valence electrons. The highest BCUT2D eigenvalue weighted by Crippen LogP contribution is 2.36. The Kier molecular flexibility index (Phi) is 4.26. The van der Waals surface area contributed by atoms with Crippen molar-refractivity contribution in [3.63, 3.8) is 0 Å². The Morgan fingerprint density at radius 1 is 1.29 bits per heavy atom. The van der Waals surface area contributed by atoms with E-state index in [1.165, 1.54) is 4.80 Å². The molecule has 0 radical (unpaired) electrons. The van der Waals surface area contributed by atoms with Gasteiger partial charge >= 0.3 is 0 Å². The summed E-state index contributed by atoms with van der Waals surface area (Å²) in [6.07, 6.45) is 8.50. The summed E-state index contributed by atoms with van der Waals surface area (Å²) < 4.78 is 0. The largest absolute Gasteiger partial charge is 0.505 e. The van der Waals surface area contributed by atoms with E-state index in [2.05, 4.69) is 31.0 Å². The van der Waals surface area contributed by atoms with Crippen LogP contribution in [0.5, 0.6) is 5.75 Å². The molecule has 0 bridgehead atoms. The van der Waals surface area contributed by atoms with Crippen molar-refractivity contribution in [1.29, 1.82) is 0 Å². The van der Waals surface area contributed by atoms with Gasteiger partial charge in [0, 0.05) is 16.5 Å². The van der Waals surface area contributed by atoms with E-state index in [1.54, 1.807) is 6.20 Å². The minimum absolute atomic E-state index is 0.116. The average molecular weight is 344 g/mol. The van der Waals surface area contributed by atoms with E-state index in [-0.39, 0.29) is 17.1 Å². The van der Waals surface area contributed by atoms with Gasteiger partial charge in [-0.2, -0.15) is 10.2 Å². The van der Waals surface area contributed by atoms with Gasteiger partial charge in [-0.1, -0.05) is 50.6 Å². The summed E-state index contributed by atoms with van der Waals surface area (Å²) in [7, 11) is 0. The molecule has 1 aliphatic carbocycles.